The quantitative estimate of drug-likeness (QED) is 0.309. The van der Waals surface area contributed by atoms with Crippen molar-refractivity contribution in [1.29, 1.82) is 0 Å². The number of nitrogens with zero attached hydrogens (tertiary/aromatic N) is 1. The number of carboxylic acids is 1. The van der Waals surface area contributed by atoms with E-state index in [0.29, 0.717) is 25.0 Å². The first-order chi connectivity index (χ1) is 13.5. The first kappa shape index (κ1) is 22.8. The Morgan fingerprint density at radius 2 is 2.00 bits per heavy atom. The van der Waals surface area contributed by atoms with E-state index in [-0.39, 0.29) is 11.7 Å². The number of nitrogens with two attached hydrogens (primary N) is 1. The molecule has 0 aliphatic heterocycles. The van der Waals surface area contributed by atoms with Gasteiger partial charge in [-0.15, -0.1) is 6.58 Å². The lowest BCUT2D eigenvalue weighted by atomic mass is 9.89. The van der Waals surface area contributed by atoms with E-state index in [1.54, 1.807) is 36.7 Å². The molecule has 148 valence electrons. The maximum atomic E-state index is 12.6. The molecule has 3 N–H and O–H groups in total. The zero-order chi connectivity index (χ0) is 20.8. The van der Waals surface area contributed by atoms with Crippen LogP contribution in [0.1, 0.15) is 12.0 Å². The lowest BCUT2D eigenvalue weighted by Crippen LogP contribution is -2.16. The summed E-state index contributed by atoms with van der Waals surface area (Å²) in [7, 11) is 0. The fourth-order valence-electron chi connectivity index (χ4n) is 2.39. The highest BCUT2D eigenvalue weighted by Gasteiger charge is 2.17. The van der Waals surface area contributed by atoms with E-state index in [2.05, 4.69) is 18.1 Å². The van der Waals surface area contributed by atoms with Crippen LogP contribution in [-0.2, 0) is 20.7 Å². The fraction of sp³-hybridized carbons (Fsp3) is 0.227. The van der Waals surface area contributed by atoms with Crippen LogP contribution < -0.4 is 5.73 Å². The van der Waals surface area contributed by atoms with Crippen LogP contribution in [-0.4, -0.2) is 35.0 Å². The molecule has 0 fully saturated rings. The fourth-order valence-corrected chi connectivity index (χ4v) is 2.39. The van der Waals surface area contributed by atoms with E-state index in [9.17, 15) is 9.59 Å². The second-order valence-corrected chi connectivity index (χ2v) is 5.93. The van der Waals surface area contributed by atoms with Crippen molar-refractivity contribution in [3.63, 3.8) is 0 Å². The van der Waals surface area contributed by atoms with E-state index in [1.165, 1.54) is 6.26 Å². The molecule has 1 rings (SSSR count). The lowest BCUT2D eigenvalue weighted by molar-refractivity contribution is -0.140. The van der Waals surface area contributed by atoms with Gasteiger partial charge < -0.3 is 15.6 Å². The number of ether oxygens (including phenoxy) is 1. The maximum Gasteiger partial charge on any atom is 0.341 e. The van der Waals surface area contributed by atoms with Crippen molar-refractivity contribution in [2.45, 2.75) is 12.8 Å². The van der Waals surface area contributed by atoms with Crippen LogP contribution in [0.4, 0.5) is 0 Å². The normalized spacial score (nSPS) is 12.8. The molecule has 0 aliphatic carbocycles. The second kappa shape index (κ2) is 13.0. The Morgan fingerprint density at radius 1 is 1.29 bits per heavy atom. The van der Waals surface area contributed by atoms with E-state index in [0.717, 1.165) is 11.1 Å². The zero-order valence-electron chi connectivity index (χ0n) is 15.8. The van der Waals surface area contributed by atoms with Gasteiger partial charge in [-0.25, -0.2) is 4.79 Å². The summed E-state index contributed by atoms with van der Waals surface area (Å²) in [5.41, 5.74) is 8.12. The molecule has 0 bridgehead atoms. The first-order valence-corrected chi connectivity index (χ1v) is 8.77. The predicted octanol–water partition coefficient (Wildman–Crippen LogP) is 3.00. The number of pyridine rings is 1. The standard InChI is InChI=1S/C22H26N2O4/c1-3-19(21(25)14-18-8-11-24-12-9-18)15-20(7-10-23)17(2)6-4-5-13-28-16-22(26)27/h3-9,11-13,19H,1-2,10,14-16,23H2,(H,26,27)/b6-4-,13-5+,20-7-. The summed E-state index contributed by atoms with van der Waals surface area (Å²) in [5, 5.41) is 8.49. The molecule has 0 aromatic carbocycles. The number of aliphatic carboxylic acids is 1. The molecule has 1 heterocycles. The molecular weight excluding hydrogens is 356 g/mol. The van der Waals surface area contributed by atoms with Crippen LogP contribution in [0.5, 0.6) is 0 Å². The Balaban J connectivity index is 2.71. The number of Topliss-reactive ketones (excluding diaryl/α,β-unsaturated/α-hetero) is 1. The van der Waals surface area contributed by atoms with Gasteiger partial charge in [0.25, 0.3) is 0 Å². The molecule has 0 amide bonds. The number of carboxylic acid groups (broad SMARTS) is 1. The van der Waals surface area contributed by atoms with Crippen molar-refractivity contribution in [2.24, 2.45) is 11.7 Å². The number of allylic oxidation sites excluding steroid dienone is 6. The molecule has 1 atom stereocenters. The van der Waals surface area contributed by atoms with Gasteiger partial charge in [-0.05, 0) is 41.3 Å². The molecular formula is C22H26N2O4. The number of rotatable bonds is 13. The first-order valence-electron chi connectivity index (χ1n) is 8.77. The van der Waals surface area contributed by atoms with Crippen LogP contribution in [0.3, 0.4) is 0 Å². The molecule has 0 saturated carbocycles. The van der Waals surface area contributed by atoms with Gasteiger partial charge in [0.15, 0.2) is 6.61 Å². The van der Waals surface area contributed by atoms with Gasteiger partial charge in [-0.1, -0.05) is 30.9 Å². The number of hydrogen-bond donors (Lipinski definition) is 2. The number of ketones is 1. The van der Waals surface area contributed by atoms with E-state index in [1.807, 2.05) is 18.2 Å². The van der Waals surface area contributed by atoms with Gasteiger partial charge in [0.05, 0.1) is 6.26 Å². The van der Waals surface area contributed by atoms with Crippen molar-refractivity contribution in [3.05, 3.63) is 91.0 Å². The van der Waals surface area contributed by atoms with Crippen molar-refractivity contribution < 1.29 is 19.4 Å². The summed E-state index contributed by atoms with van der Waals surface area (Å²) in [6, 6.07) is 3.63. The van der Waals surface area contributed by atoms with Gasteiger partial charge in [0.2, 0.25) is 0 Å². The monoisotopic (exact) mass is 382 g/mol. The van der Waals surface area contributed by atoms with E-state index in [4.69, 9.17) is 15.6 Å². The largest absolute Gasteiger partial charge is 0.490 e. The Labute approximate surface area is 165 Å². The minimum atomic E-state index is -1.04. The van der Waals surface area contributed by atoms with Gasteiger partial charge in [0.1, 0.15) is 5.78 Å². The summed E-state index contributed by atoms with van der Waals surface area (Å²) in [6.07, 6.45) is 13.8. The predicted molar refractivity (Wildman–Crippen MR) is 109 cm³/mol. The van der Waals surface area contributed by atoms with Crippen LogP contribution in [0.15, 0.2) is 85.5 Å². The lowest BCUT2D eigenvalue weighted by Gasteiger charge is -2.15. The molecule has 0 radical (unpaired) electrons. The van der Waals surface area contributed by atoms with Crippen LogP contribution in [0, 0.1) is 5.92 Å². The van der Waals surface area contributed by atoms with Crippen molar-refractivity contribution in [1.82, 2.24) is 4.98 Å². The Hall–Kier alpha value is -3.25. The number of hydrogen-bond acceptors (Lipinski definition) is 5. The Morgan fingerprint density at radius 3 is 2.61 bits per heavy atom. The zero-order valence-corrected chi connectivity index (χ0v) is 15.8. The van der Waals surface area contributed by atoms with Gasteiger partial charge in [-0.2, -0.15) is 0 Å². The highest BCUT2D eigenvalue weighted by atomic mass is 16.5. The van der Waals surface area contributed by atoms with Crippen LogP contribution in [0.25, 0.3) is 0 Å². The maximum absolute atomic E-state index is 12.6. The number of carbonyl (C=O) groups is 2. The third-order valence-corrected chi connectivity index (χ3v) is 3.83. The molecule has 0 spiro atoms. The molecule has 1 unspecified atom stereocenters. The molecule has 0 saturated heterocycles. The molecule has 6 nitrogen and oxygen atoms in total. The number of carbonyl (C=O) groups excluding carboxylic acids is 1. The molecule has 0 aliphatic rings. The van der Waals surface area contributed by atoms with E-state index >= 15 is 0 Å². The summed E-state index contributed by atoms with van der Waals surface area (Å²) in [4.78, 5) is 26.9. The van der Waals surface area contributed by atoms with Crippen molar-refractivity contribution in [2.75, 3.05) is 13.2 Å². The van der Waals surface area contributed by atoms with Gasteiger partial charge in [-0.3, -0.25) is 9.78 Å². The summed E-state index contributed by atoms with van der Waals surface area (Å²) < 4.78 is 4.80. The van der Waals surface area contributed by atoms with Crippen molar-refractivity contribution >= 4 is 11.8 Å². The smallest absolute Gasteiger partial charge is 0.341 e. The Kier molecular flexibility index (Phi) is 10.6. The van der Waals surface area contributed by atoms with Crippen molar-refractivity contribution in [3.8, 4) is 0 Å². The Bertz CT molecular complexity index is 764. The molecule has 1 aromatic rings. The van der Waals surface area contributed by atoms with E-state index < -0.39 is 12.6 Å². The topological polar surface area (TPSA) is 103 Å². The molecule has 1 aromatic heterocycles. The van der Waals surface area contributed by atoms with Crippen LogP contribution in [0.2, 0.25) is 0 Å². The molecule has 6 heteroatoms. The summed E-state index contributed by atoms with van der Waals surface area (Å²) in [5.74, 6) is -1.34. The molecule has 28 heavy (non-hydrogen) atoms. The van der Waals surface area contributed by atoms with Gasteiger partial charge >= 0.3 is 5.97 Å². The SMILES string of the molecule is C=CC(C/C(=C/CN)C(=C)/C=C\C=C\OCC(=O)O)C(=O)Cc1ccncc1. The average Bonchev–Trinajstić information content (AvgIpc) is 2.68. The van der Waals surface area contributed by atoms with Crippen LogP contribution >= 0.6 is 0 Å². The summed E-state index contributed by atoms with van der Waals surface area (Å²) >= 11 is 0. The number of aromatic nitrogens is 1. The summed E-state index contributed by atoms with van der Waals surface area (Å²) in [6.45, 7) is 7.73. The highest BCUT2D eigenvalue weighted by molar-refractivity contribution is 5.85. The third-order valence-electron chi connectivity index (χ3n) is 3.83. The minimum Gasteiger partial charge on any atom is -0.490 e. The van der Waals surface area contributed by atoms with Gasteiger partial charge in [0, 0.05) is 31.3 Å². The third kappa shape index (κ3) is 8.91. The second-order valence-electron chi connectivity index (χ2n) is 5.93. The highest BCUT2D eigenvalue weighted by Crippen LogP contribution is 2.22. The average molecular weight is 382 g/mol. The minimum absolute atomic E-state index is 0.0582.